The van der Waals surface area contributed by atoms with E-state index in [9.17, 15) is 18.4 Å². The average molecular weight is 408 g/mol. The number of aromatic nitrogens is 1. The van der Waals surface area contributed by atoms with E-state index in [2.05, 4.69) is 9.71 Å². The van der Waals surface area contributed by atoms with Crippen molar-refractivity contribution in [1.82, 2.24) is 14.8 Å². The normalized spacial score (nSPS) is 15.3. The van der Waals surface area contributed by atoms with Crippen LogP contribution in [0.1, 0.15) is 20.8 Å². The number of anilines is 1. The topological polar surface area (TPSA) is 106 Å². The van der Waals surface area contributed by atoms with Gasteiger partial charge in [-0.2, -0.15) is 0 Å². The van der Waals surface area contributed by atoms with Gasteiger partial charge in [0.25, 0.3) is 11.8 Å². The molecule has 0 aliphatic carbocycles. The van der Waals surface area contributed by atoms with Gasteiger partial charge in [-0.3, -0.25) is 18.8 Å². The van der Waals surface area contributed by atoms with Crippen molar-refractivity contribution in [2.24, 2.45) is 0 Å². The lowest BCUT2D eigenvalue weighted by atomic mass is 10.1. The molecule has 3 rings (SSSR count). The zero-order valence-corrected chi connectivity index (χ0v) is 15.7. The molecule has 10 heteroatoms. The van der Waals surface area contributed by atoms with Crippen LogP contribution in [0.3, 0.4) is 0 Å². The van der Waals surface area contributed by atoms with Crippen LogP contribution in [0.4, 0.5) is 5.69 Å². The van der Waals surface area contributed by atoms with Crippen molar-refractivity contribution in [3.63, 3.8) is 0 Å². The highest BCUT2D eigenvalue weighted by Gasteiger charge is 2.26. The van der Waals surface area contributed by atoms with Crippen LogP contribution in [0, 0.1) is 0 Å². The van der Waals surface area contributed by atoms with Crippen LogP contribution >= 0.6 is 11.6 Å². The first-order valence-electron chi connectivity index (χ1n) is 8.11. The summed E-state index contributed by atoms with van der Waals surface area (Å²) in [4.78, 5) is 32.4. The predicted molar refractivity (Wildman–Crippen MR) is 100 cm³/mol. The molecule has 1 aliphatic rings. The van der Waals surface area contributed by atoms with Gasteiger partial charge in [0.1, 0.15) is 5.69 Å². The molecule has 1 aliphatic heterocycles. The van der Waals surface area contributed by atoms with E-state index < -0.39 is 11.3 Å². The van der Waals surface area contributed by atoms with Crippen molar-refractivity contribution in [2.45, 2.75) is 0 Å². The maximum atomic E-state index is 12.6. The molecule has 8 nitrogen and oxygen atoms in total. The third kappa shape index (κ3) is 4.62. The molecule has 1 unspecified atom stereocenters. The van der Waals surface area contributed by atoms with Crippen molar-refractivity contribution in [3.8, 4) is 0 Å². The molecule has 1 aromatic heterocycles. The van der Waals surface area contributed by atoms with Gasteiger partial charge in [0.05, 0.1) is 10.7 Å². The van der Waals surface area contributed by atoms with E-state index in [1.54, 1.807) is 34.2 Å². The van der Waals surface area contributed by atoms with Crippen LogP contribution < -0.4 is 4.72 Å². The monoisotopic (exact) mass is 407 g/mol. The number of amides is 2. The fourth-order valence-corrected chi connectivity index (χ4v) is 3.41. The summed E-state index contributed by atoms with van der Waals surface area (Å²) in [6, 6.07) is 9.52. The molecule has 1 saturated heterocycles. The smallest absolute Gasteiger partial charge is 0.272 e. The summed E-state index contributed by atoms with van der Waals surface area (Å²) in [5.41, 5.74) is 0.932. The molecular formula is C17H16ClN4O4S-. The minimum atomic E-state index is -2.50. The highest BCUT2D eigenvalue weighted by atomic mass is 35.5. The number of rotatable bonds is 4. The first kappa shape index (κ1) is 19.3. The van der Waals surface area contributed by atoms with E-state index in [0.29, 0.717) is 37.4 Å². The molecule has 0 bridgehead atoms. The van der Waals surface area contributed by atoms with Gasteiger partial charge < -0.3 is 19.1 Å². The fraction of sp³-hybridized carbons (Fsp3) is 0.235. The fourth-order valence-electron chi connectivity index (χ4n) is 2.77. The van der Waals surface area contributed by atoms with E-state index in [1.165, 1.54) is 18.2 Å². The molecule has 1 aromatic carbocycles. The molecule has 2 aromatic rings. The number of nitrogens with zero attached hydrogens (tertiary/aromatic N) is 3. The Balaban J connectivity index is 1.62. The lowest BCUT2D eigenvalue weighted by Crippen LogP contribution is -2.50. The van der Waals surface area contributed by atoms with Gasteiger partial charge in [0.15, 0.2) is 0 Å². The van der Waals surface area contributed by atoms with Crippen LogP contribution in [-0.4, -0.2) is 61.5 Å². The number of hydrogen-bond acceptors (Lipinski definition) is 5. The predicted octanol–water partition coefficient (Wildman–Crippen LogP) is 1.54. The Hall–Kier alpha value is -2.49. The molecule has 142 valence electrons. The Morgan fingerprint density at radius 3 is 2.30 bits per heavy atom. The molecule has 1 N–H and O–H groups in total. The zero-order valence-electron chi connectivity index (χ0n) is 14.1. The maximum Gasteiger partial charge on any atom is 0.272 e. The molecule has 1 fully saturated rings. The number of carbonyl (C=O) groups is 2. The summed E-state index contributed by atoms with van der Waals surface area (Å²) < 4.78 is 23.5. The van der Waals surface area contributed by atoms with Gasteiger partial charge in [-0.05, 0) is 30.3 Å². The number of nitrogens with one attached hydrogen (secondary N) is 1. The molecule has 2 amide bonds. The molecule has 0 spiro atoms. The van der Waals surface area contributed by atoms with Crippen LogP contribution in [0.2, 0.25) is 5.02 Å². The summed E-state index contributed by atoms with van der Waals surface area (Å²) >= 11 is 3.53. The van der Waals surface area contributed by atoms with Crippen LogP contribution in [-0.2, 0) is 11.3 Å². The highest BCUT2D eigenvalue weighted by Crippen LogP contribution is 2.24. The SMILES string of the molecule is O=C(c1ccc(NS(=O)[O-])c(Cl)c1)N1CCN(C(=O)c2ccccn2)CC1. The Labute approximate surface area is 163 Å². The van der Waals surface area contributed by atoms with Crippen LogP contribution in [0.25, 0.3) is 0 Å². The van der Waals surface area contributed by atoms with Crippen molar-refractivity contribution < 1.29 is 18.4 Å². The summed E-state index contributed by atoms with van der Waals surface area (Å²) in [6.07, 6.45) is 1.57. The number of piperazine rings is 1. The Bertz CT molecular complexity index is 872. The third-order valence-electron chi connectivity index (χ3n) is 4.15. The van der Waals surface area contributed by atoms with E-state index in [1.807, 2.05) is 0 Å². The van der Waals surface area contributed by atoms with E-state index in [4.69, 9.17) is 11.6 Å². The Morgan fingerprint density at radius 1 is 1.07 bits per heavy atom. The molecule has 0 saturated carbocycles. The highest BCUT2D eigenvalue weighted by molar-refractivity contribution is 7.80. The van der Waals surface area contributed by atoms with Crippen molar-refractivity contribution in [1.29, 1.82) is 0 Å². The second-order valence-electron chi connectivity index (χ2n) is 5.83. The quantitative estimate of drug-likeness (QED) is 0.774. The number of carbonyl (C=O) groups excluding carboxylic acids is 2. The van der Waals surface area contributed by atoms with Crippen LogP contribution in [0.15, 0.2) is 42.6 Å². The van der Waals surface area contributed by atoms with E-state index >= 15 is 0 Å². The Morgan fingerprint density at radius 2 is 1.74 bits per heavy atom. The first-order chi connectivity index (χ1) is 13.0. The molecule has 2 heterocycles. The lowest BCUT2D eigenvalue weighted by Gasteiger charge is -2.34. The van der Waals surface area contributed by atoms with Gasteiger partial charge in [-0.25, -0.2) is 0 Å². The largest absolute Gasteiger partial charge is 0.755 e. The van der Waals surface area contributed by atoms with Gasteiger partial charge in [0, 0.05) is 49.2 Å². The second-order valence-corrected chi connectivity index (χ2v) is 6.91. The van der Waals surface area contributed by atoms with Crippen molar-refractivity contribution in [2.75, 3.05) is 30.9 Å². The standard InChI is InChI=1S/C17H17ClN4O4S/c18-13-11-12(4-5-14(13)20-27(25)26)16(23)21-7-9-22(10-8-21)17(24)15-3-1-2-6-19-15/h1-6,11,20H,7-10H2,(H,25,26)/p-1. The summed E-state index contributed by atoms with van der Waals surface area (Å²) in [6.45, 7) is 1.59. The van der Waals surface area contributed by atoms with Gasteiger partial charge in [0.2, 0.25) is 0 Å². The molecular weight excluding hydrogens is 392 g/mol. The minimum Gasteiger partial charge on any atom is -0.755 e. The van der Waals surface area contributed by atoms with E-state index in [0.717, 1.165) is 0 Å². The van der Waals surface area contributed by atoms with Crippen molar-refractivity contribution in [3.05, 3.63) is 58.9 Å². The van der Waals surface area contributed by atoms with Gasteiger partial charge in [-0.1, -0.05) is 17.7 Å². The summed E-state index contributed by atoms with van der Waals surface area (Å²) in [5, 5.41) is 0.133. The minimum absolute atomic E-state index is 0.133. The molecule has 27 heavy (non-hydrogen) atoms. The van der Waals surface area contributed by atoms with Gasteiger partial charge in [-0.15, -0.1) is 0 Å². The molecule has 1 atom stereocenters. The first-order valence-corrected chi connectivity index (χ1v) is 9.56. The maximum absolute atomic E-state index is 12.6. The van der Waals surface area contributed by atoms with Crippen LogP contribution in [0.5, 0.6) is 0 Å². The number of pyridine rings is 1. The average Bonchev–Trinajstić information content (AvgIpc) is 2.69. The number of benzene rings is 1. The Kier molecular flexibility index (Phi) is 6.04. The zero-order chi connectivity index (χ0) is 19.4. The summed E-state index contributed by atoms with van der Waals surface area (Å²) in [5.74, 6) is -0.386. The van der Waals surface area contributed by atoms with Crippen molar-refractivity contribution >= 4 is 40.4 Å². The molecule has 0 radical (unpaired) electrons. The van der Waals surface area contributed by atoms with Gasteiger partial charge >= 0.3 is 0 Å². The third-order valence-corrected chi connectivity index (χ3v) is 4.85. The van der Waals surface area contributed by atoms with E-state index in [-0.39, 0.29) is 22.5 Å². The number of hydrogen-bond donors (Lipinski definition) is 1. The number of halogens is 1. The second kappa shape index (κ2) is 8.47. The lowest BCUT2D eigenvalue weighted by molar-refractivity contribution is 0.0532. The summed E-state index contributed by atoms with van der Waals surface area (Å²) in [7, 11) is 0.